The Bertz CT molecular complexity index is 2040. The van der Waals surface area contributed by atoms with Crippen molar-refractivity contribution >= 4 is 69.1 Å². The Morgan fingerprint density at radius 1 is 0.968 bits per heavy atom. The Hall–Kier alpha value is -4.22. The molecule has 5 N–H and O–H groups in total. The van der Waals surface area contributed by atoms with Crippen molar-refractivity contribution in [2.45, 2.75) is 81.0 Å². The normalized spacial score (nSPS) is 17.2. The van der Waals surface area contributed by atoms with E-state index >= 15 is 0 Å². The van der Waals surface area contributed by atoms with Gasteiger partial charge in [0.15, 0.2) is 5.13 Å². The van der Waals surface area contributed by atoms with Gasteiger partial charge in [0.25, 0.3) is 5.91 Å². The number of thiophene rings is 1. The number of thiazole rings is 1. The molecule has 1 unspecified atom stereocenters. The molecule has 21 heteroatoms. The van der Waals surface area contributed by atoms with Gasteiger partial charge in [0.1, 0.15) is 11.8 Å². The van der Waals surface area contributed by atoms with E-state index in [1.54, 1.807) is 28.5 Å². The molecule has 5 amide bonds. The van der Waals surface area contributed by atoms with Crippen LogP contribution in [0.1, 0.15) is 78.9 Å². The first-order valence-corrected chi connectivity index (χ1v) is 24.0. The zero-order valence-corrected chi connectivity index (χ0v) is 38.7. The predicted molar refractivity (Wildman–Crippen MR) is 239 cm³/mol. The summed E-state index contributed by atoms with van der Waals surface area (Å²) in [5, 5.41) is 17.1. The maximum absolute atomic E-state index is 12.9. The van der Waals surface area contributed by atoms with Crippen molar-refractivity contribution in [3.05, 3.63) is 57.7 Å². The van der Waals surface area contributed by atoms with Crippen molar-refractivity contribution in [2.24, 2.45) is 5.92 Å². The molecule has 6 heterocycles. The molecule has 63 heavy (non-hydrogen) atoms. The molecule has 6 rings (SSSR count). The van der Waals surface area contributed by atoms with Crippen LogP contribution in [0.5, 0.6) is 0 Å². The Morgan fingerprint density at radius 3 is 2.41 bits per heavy atom. The number of nitrogens with one attached hydrogen (secondary N) is 5. The number of rotatable bonds is 25. The molecule has 344 valence electrons. The van der Waals surface area contributed by atoms with Gasteiger partial charge in [0.05, 0.1) is 87.2 Å². The number of nitrogens with zero attached hydrogens (tertiary/aromatic N) is 4. The van der Waals surface area contributed by atoms with Gasteiger partial charge in [-0.15, -0.1) is 23.1 Å². The standard InChI is InChI=1S/C42H59N9O9S3/c1-27(48-41-47-22-38(63-41)62-26-37-46-20-33(60-37)42(2,3)4)28-7-11-50(12-8-28)24-36(54)44-10-14-58-16-18-59-17-15-57-13-9-43-21-35(53)45-19-32-29-23-51(40(56)30(29)25-61-32)31-5-6-34(52)49-39(31)55/h20,22,25,28,31,43H,1,5-19,21,23-24,26H2,2-4H3,(H,44,54)(H,45,53)(H,47,48)(H,49,52,55). The second-order valence-corrected chi connectivity index (χ2v) is 19.7. The first kappa shape index (κ1) is 48.2. The van der Waals surface area contributed by atoms with Gasteiger partial charge >= 0.3 is 0 Å². The van der Waals surface area contributed by atoms with Gasteiger partial charge in [-0.2, -0.15) is 0 Å². The summed E-state index contributed by atoms with van der Waals surface area (Å²) >= 11 is 4.64. The molecular weight excluding hydrogens is 871 g/mol. The van der Waals surface area contributed by atoms with Gasteiger partial charge in [0.2, 0.25) is 29.5 Å². The van der Waals surface area contributed by atoms with Crippen molar-refractivity contribution in [2.75, 3.05) is 84.2 Å². The molecule has 18 nitrogen and oxygen atoms in total. The SMILES string of the molecule is C=C(Nc1ncc(SCc2ncc(C(C)(C)C)o2)s1)C1CCN(CC(=O)NCCOCCOCCOCCNCC(=O)NCc2scc3c2CN(C2CCC(=O)NC2=O)C3=O)CC1. The summed E-state index contributed by atoms with van der Waals surface area (Å²) in [6, 6.07) is -0.667. The number of amides is 5. The third-order valence-corrected chi connectivity index (χ3v) is 13.8. The summed E-state index contributed by atoms with van der Waals surface area (Å²) in [5.74, 6) is 1.34. The van der Waals surface area contributed by atoms with E-state index in [0.29, 0.717) is 88.8 Å². The molecular formula is C42H59N9O9S3. The highest BCUT2D eigenvalue weighted by Gasteiger charge is 2.40. The largest absolute Gasteiger partial charge is 0.444 e. The lowest BCUT2D eigenvalue weighted by Crippen LogP contribution is -2.52. The monoisotopic (exact) mass is 929 g/mol. The van der Waals surface area contributed by atoms with Crippen molar-refractivity contribution in [1.82, 2.24) is 41.0 Å². The summed E-state index contributed by atoms with van der Waals surface area (Å²) in [7, 11) is 0. The van der Waals surface area contributed by atoms with Crippen LogP contribution in [0.25, 0.3) is 0 Å². The van der Waals surface area contributed by atoms with Gasteiger partial charge in [-0.25, -0.2) is 9.97 Å². The van der Waals surface area contributed by atoms with Gasteiger partial charge in [-0.3, -0.25) is 34.2 Å². The van der Waals surface area contributed by atoms with Gasteiger partial charge in [0, 0.05) is 53.3 Å². The summed E-state index contributed by atoms with van der Waals surface area (Å²) < 4.78 is 23.7. The molecule has 0 aromatic carbocycles. The third kappa shape index (κ3) is 14.6. The number of hydrogen-bond acceptors (Lipinski definition) is 17. The zero-order chi connectivity index (χ0) is 44.8. The number of ether oxygens (including phenoxy) is 3. The number of carbonyl (C=O) groups is 5. The van der Waals surface area contributed by atoms with Gasteiger partial charge in [-0.05, 0) is 37.9 Å². The highest BCUT2D eigenvalue weighted by molar-refractivity contribution is 8.00. The number of allylic oxidation sites excluding steroid dienone is 1. The molecule has 3 aromatic heterocycles. The summed E-state index contributed by atoms with van der Waals surface area (Å²) in [4.78, 5) is 75.1. The lowest BCUT2D eigenvalue weighted by Gasteiger charge is -2.32. The summed E-state index contributed by atoms with van der Waals surface area (Å²) in [6.45, 7) is 16.6. The molecule has 2 fully saturated rings. The second-order valence-electron chi connectivity index (χ2n) is 16.4. The van der Waals surface area contributed by atoms with Crippen LogP contribution in [0.3, 0.4) is 0 Å². The minimum atomic E-state index is -0.667. The second kappa shape index (κ2) is 23.6. The average molecular weight is 930 g/mol. The molecule has 3 aliphatic rings. The van der Waals surface area contributed by atoms with E-state index in [2.05, 4.69) is 68.8 Å². The van der Waals surface area contributed by atoms with Crippen LogP contribution >= 0.6 is 34.4 Å². The fraction of sp³-hybridized carbons (Fsp3) is 0.595. The van der Waals surface area contributed by atoms with E-state index in [4.69, 9.17) is 18.6 Å². The van der Waals surface area contributed by atoms with Crippen LogP contribution < -0.4 is 26.6 Å². The number of piperidine rings is 2. The number of fused-ring (bicyclic) bond motifs is 1. The van der Waals surface area contributed by atoms with E-state index in [1.165, 1.54) is 16.2 Å². The molecule has 0 bridgehead atoms. The Kier molecular flexibility index (Phi) is 18.1. The van der Waals surface area contributed by atoms with Crippen molar-refractivity contribution in [3.63, 3.8) is 0 Å². The van der Waals surface area contributed by atoms with Crippen LogP contribution in [0.15, 0.2) is 38.7 Å². The maximum atomic E-state index is 12.9. The molecule has 0 aliphatic carbocycles. The fourth-order valence-corrected chi connectivity index (χ4v) is 9.86. The number of hydrogen-bond donors (Lipinski definition) is 5. The van der Waals surface area contributed by atoms with E-state index in [1.807, 2.05) is 12.4 Å². The quantitative estimate of drug-likeness (QED) is 0.0468. The molecule has 0 spiro atoms. The predicted octanol–water partition coefficient (Wildman–Crippen LogP) is 3.25. The number of carbonyl (C=O) groups excluding carboxylic acids is 5. The van der Waals surface area contributed by atoms with Crippen LogP contribution in [0.2, 0.25) is 0 Å². The van der Waals surface area contributed by atoms with Gasteiger partial charge < -0.3 is 44.8 Å². The number of oxazole rings is 1. The Balaban J connectivity index is 0.704. The summed E-state index contributed by atoms with van der Waals surface area (Å²) in [6.07, 6.45) is 6.01. The number of thioether (sulfide) groups is 1. The highest BCUT2D eigenvalue weighted by Crippen LogP contribution is 2.35. The Labute approximate surface area is 380 Å². The average Bonchev–Trinajstić information content (AvgIpc) is 4.06. The van der Waals surface area contributed by atoms with Crippen molar-refractivity contribution in [3.8, 4) is 0 Å². The van der Waals surface area contributed by atoms with Crippen molar-refractivity contribution in [1.29, 1.82) is 0 Å². The zero-order valence-electron chi connectivity index (χ0n) is 36.2. The first-order chi connectivity index (χ1) is 30.3. The first-order valence-electron chi connectivity index (χ1n) is 21.3. The van der Waals surface area contributed by atoms with Gasteiger partial charge in [-0.1, -0.05) is 38.7 Å². The van der Waals surface area contributed by atoms with Crippen LogP contribution in [-0.2, 0) is 57.6 Å². The van der Waals surface area contributed by atoms with Crippen molar-refractivity contribution < 1.29 is 42.6 Å². The number of aromatic nitrogens is 2. The Morgan fingerprint density at radius 2 is 1.70 bits per heavy atom. The minimum Gasteiger partial charge on any atom is -0.444 e. The van der Waals surface area contributed by atoms with E-state index in [9.17, 15) is 24.0 Å². The minimum absolute atomic E-state index is 0.0219. The molecule has 1 atom stereocenters. The van der Waals surface area contributed by atoms with Crippen LogP contribution in [0.4, 0.5) is 5.13 Å². The fourth-order valence-electron chi connectivity index (χ4n) is 7.12. The maximum Gasteiger partial charge on any atom is 0.256 e. The highest BCUT2D eigenvalue weighted by atomic mass is 32.2. The number of likely N-dealkylation sites (tertiary alicyclic amines) is 1. The van der Waals surface area contributed by atoms with E-state index in [0.717, 1.165) is 57.2 Å². The summed E-state index contributed by atoms with van der Waals surface area (Å²) in [5.41, 5.74) is 2.25. The van der Waals surface area contributed by atoms with Crippen LogP contribution in [0, 0.1) is 5.92 Å². The van der Waals surface area contributed by atoms with E-state index < -0.39 is 11.9 Å². The molecule has 0 radical (unpaired) electrons. The van der Waals surface area contributed by atoms with Crippen LogP contribution in [-0.4, -0.2) is 134 Å². The lowest BCUT2D eigenvalue weighted by atomic mass is 9.94. The third-order valence-electron chi connectivity index (χ3n) is 10.7. The molecule has 3 aliphatic heterocycles. The number of anilines is 1. The molecule has 2 saturated heterocycles. The smallest absolute Gasteiger partial charge is 0.256 e. The lowest BCUT2D eigenvalue weighted by molar-refractivity contribution is -0.137. The molecule has 0 saturated carbocycles. The number of imide groups is 1. The topological polar surface area (TPSA) is 219 Å². The molecule has 3 aromatic rings. The van der Waals surface area contributed by atoms with E-state index in [-0.39, 0.29) is 55.1 Å².